The highest BCUT2D eigenvalue weighted by atomic mass is 35.5. The Bertz CT molecular complexity index is 856. The fourth-order valence-corrected chi connectivity index (χ4v) is 3.40. The molecule has 2 aromatic carbocycles. The maximum atomic E-state index is 13.0. The molecule has 0 aliphatic rings. The second kappa shape index (κ2) is 11.8. The summed E-state index contributed by atoms with van der Waals surface area (Å²) in [5, 5.41) is 3.76. The first-order chi connectivity index (χ1) is 14.3. The van der Waals surface area contributed by atoms with Crippen LogP contribution in [0.2, 0.25) is 10.0 Å². The van der Waals surface area contributed by atoms with Crippen LogP contribution < -0.4 is 10.1 Å². The molecular weight excluding hydrogens is 423 g/mol. The van der Waals surface area contributed by atoms with Gasteiger partial charge in [0.2, 0.25) is 11.8 Å². The first-order valence-corrected chi connectivity index (χ1v) is 10.8. The average Bonchev–Trinajstić information content (AvgIpc) is 2.71. The predicted octanol–water partition coefficient (Wildman–Crippen LogP) is 5.01. The molecule has 5 nitrogen and oxygen atoms in total. The first kappa shape index (κ1) is 24.0. The third-order valence-corrected chi connectivity index (χ3v) is 5.29. The minimum absolute atomic E-state index is 0.132. The third-order valence-electron chi connectivity index (χ3n) is 4.70. The molecule has 2 aromatic rings. The van der Waals surface area contributed by atoms with Crippen LogP contribution in [0.25, 0.3) is 0 Å². The molecule has 0 heterocycles. The second-order valence-corrected chi connectivity index (χ2v) is 7.94. The Morgan fingerprint density at radius 1 is 1.13 bits per heavy atom. The van der Waals surface area contributed by atoms with Gasteiger partial charge in [-0.25, -0.2) is 0 Å². The number of aryl methyl sites for hydroxylation is 1. The van der Waals surface area contributed by atoms with Crippen LogP contribution in [0.15, 0.2) is 42.5 Å². The van der Waals surface area contributed by atoms with Crippen LogP contribution in [0.4, 0.5) is 0 Å². The molecule has 0 radical (unpaired) electrons. The van der Waals surface area contributed by atoms with Crippen molar-refractivity contribution < 1.29 is 14.3 Å². The number of nitrogens with one attached hydrogen (secondary N) is 1. The molecule has 0 saturated carbocycles. The van der Waals surface area contributed by atoms with Gasteiger partial charge in [0, 0.05) is 29.6 Å². The van der Waals surface area contributed by atoms with Crippen molar-refractivity contribution in [3.8, 4) is 5.75 Å². The number of carbonyl (C=O) groups is 2. The summed E-state index contributed by atoms with van der Waals surface area (Å²) in [5.41, 5.74) is 1.90. The number of ether oxygens (including phenoxy) is 1. The van der Waals surface area contributed by atoms with Crippen LogP contribution in [0.5, 0.6) is 5.75 Å². The Hall–Kier alpha value is -2.24. The summed E-state index contributed by atoms with van der Waals surface area (Å²) in [7, 11) is 0. The zero-order valence-corrected chi connectivity index (χ0v) is 19.1. The van der Waals surface area contributed by atoms with Gasteiger partial charge in [-0.15, -0.1) is 0 Å². The van der Waals surface area contributed by atoms with Crippen molar-refractivity contribution in [1.29, 1.82) is 0 Å². The number of rotatable bonds is 10. The van der Waals surface area contributed by atoms with Crippen LogP contribution in [-0.4, -0.2) is 35.9 Å². The summed E-state index contributed by atoms with van der Waals surface area (Å²) < 4.78 is 5.70. The average molecular weight is 451 g/mol. The zero-order valence-electron chi connectivity index (χ0n) is 17.6. The van der Waals surface area contributed by atoms with E-state index in [2.05, 4.69) is 5.32 Å². The van der Waals surface area contributed by atoms with E-state index in [-0.39, 0.29) is 24.8 Å². The lowest BCUT2D eigenvalue weighted by Crippen LogP contribution is -2.47. The number of halogens is 2. The van der Waals surface area contributed by atoms with Crippen molar-refractivity contribution in [2.45, 2.75) is 46.2 Å². The lowest BCUT2D eigenvalue weighted by molar-refractivity contribution is -0.140. The molecule has 30 heavy (non-hydrogen) atoms. The van der Waals surface area contributed by atoms with Gasteiger partial charge in [-0.2, -0.15) is 0 Å². The SMILES string of the molecule is CCNC(=O)[C@@H](C)N(Cc1ccc(Cl)cc1Cl)C(=O)CCCOc1ccc(C)cc1. The topological polar surface area (TPSA) is 58.6 Å². The highest BCUT2D eigenvalue weighted by molar-refractivity contribution is 6.35. The lowest BCUT2D eigenvalue weighted by Gasteiger charge is -2.29. The summed E-state index contributed by atoms with van der Waals surface area (Å²) in [4.78, 5) is 26.9. The van der Waals surface area contributed by atoms with Gasteiger partial charge in [-0.3, -0.25) is 9.59 Å². The lowest BCUT2D eigenvalue weighted by atomic mass is 10.1. The van der Waals surface area contributed by atoms with Gasteiger partial charge in [0.15, 0.2) is 0 Å². The third kappa shape index (κ3) is 7.22. The summed E-state index contributed by atoms with van der Waals surface area (Å²) >= 11 is 12.3. The molecule has 1 N–H and O–H groups in total. The number of hydrogen-bond acceptors (Lipinski definition) is 3. The monoisotopic (exact) mass is 450 g/mol. The Balaban J connectivity index is 2.01. The summed E-state index contributed by atoms with van der Waals surface area (Å²) in [6.45, 7) is 6.72. The summed E-state index contributed by atoms with van der Waals surface area (Å²) in [6, 6.07) is 12.3. The number of hydrogen-bond donors (Lipinski definition) is 1. The van der Waals surface area contributed by atoms with E-state index in [0.717, 1.165) is 16.9 Å². The number of nitrogens with zero attached hydrogens (tertiary/aromatic N) is 1. The molecule has 2 amide bonds. The van der Waals surface area contributed by atoms with Gasteiger partial charge in [-0.1, -0.05) is 47.0 Å². The fraction of sp³-hybridized carbons (Fsp3) is 0.391. The summed E-state index contributed by atoms with van der Waals surface area (Å²) in [5.74, 6) is 0.438. The van der Waals surface area contributed by atoms with Crippen molar-refractivity contribution in [2.24, 2.45) is 0 Å². The van der Waals surface area contributed by atoms with Gasteiger partial charge in [0.25, 0.3) is 0 Å². The molecule has 162 valence electrons. The second-order valence-electron chi connectivity index (χ2n) is 7.09. The van der Waals surface area contributed by atoms with Crippen LogP contribution in [0.1, 0.15) is 37.8 Å². The number of benzene rings is 2. The predicted molar refractivity (Wildman–Crippen MR) is 121 cm³/mol. The van der Waals surface area contributed by atoms with Gasteiger partial charge in [-0.05, 0) is 57.0 Å². The standard InChI is InChI=1S/C23H28Cl2N2O3/c1-4-26-23(29)17(3)27(15-18-9-10-19(24)14-21(18)25)22(28)6-5-13-30-20-11-7-16(2)8-12-20/h7-12,14,17H,4-6,13,15H2,1-3H3,(H,26,29)/t17-/m1/s1. The largest absolute Gasteiger partial charge is 0.494 e. The van der Waals surface area contributed by atoms with Crippen molar-refractivity contribution in [3.63, 3.8) is 0 Å². The van der Waals surface area contributed by atoms with Gasteiger partial charge < -0.3 is 15.0 Å². The molecule has 1 atom stereocenters. The molecule has 7 heteroatoms. The highest BCUT2D eigenvalue weighted by Gasteiger charge is 2.26. The smallest absolute Gasteiger partial charge is 0.242 e. The Kier molecular flexibility index (Phi) is 9.47. The molecule has 0 bridgehead atoms. The van der Waals surface area contributed by atoms with Crippen LogP contribution in [-0.2, 0) is 16.1 Å². The van der Waals surface area contributed by atoms with E-state index in [1.54, 1.807) is 30.0 Å². The molecule has 0 aromatic heterocycles. The quantitative estimate of drug-likeness (QED) is 0.517. The Morgan fingerprint density at radius 3 is 2.47 bits per heavy atom. The van der Waals surface area contributed by atoms with Gasteiger partial charge >= 0.3 is 0 Å². The van der Waals surface area contributed by atoms with E-state index < -0.39 is 6.04 Å². The van der Waals surface area contributed by atoms with Crippen molar-refractivity contribution in [2.75, 3.05) is 13.2 Å². The zero-order chi connectivity index (χ0) is 22.1. The molecule has 0 aliphatic heterocycles. The van der Waals surface area contributed by atoms with E-state index in [9.17, 15) is 9.59 Å². The fourth-order valence-electron chi connectivity index (χ4n) is 2.93. The van der Waals surface area contributed by atoms with E-state index in [1.807, 2.05) is 38.1 Å². The minimum atomic E-state index is -0.623. The summed E-state index contributed by atoms with van der Waals surface area (Å²) in [6.07, 6.45) is 0.806. The van der Waals surface area contributed by atoms with Crippen LogP contribution in [0, 0.1) is 6.92 Å². The molecule has 0 spiro atoms. The number of likely N-dealkylation sites (N-methyl/N-ethyl adjacent to an activating group) is 1. The molecule has 0 aliphatic carbocycles. The van der Waals surface area contributed by atoms with Crippen molar-refractivity contribution in [1.82, 2.24) is 10.2 Å². The van der Waals surface area contributed by atoms with Crippen LogP contribution in [0.3, 0.4) is 0 Å². The highest BCUT2D eigenvalue weighted by Crippen LogP contribution is 2.23. The Labute approximate surface area is 188 Å². The minimum Gasteiger partial charge on any atom is -0.494 e. The maximum Gasteiger partial charge on any atom is 0.242 e. The van der Waals surface area contributed by atoms with Gasteiger partial charge in [0.05, 0.1) is 6.61 Å². The van der Waals surface area contributed by atoms with E-state index in [4.69, 9.17) is 27.9 Å². The van der Waals surface area contributed by atoms with Crippen molar-refractivity contribution in [3.05, 3.63) is 63.6 Å². The van der Waals surface area contributed by atoms with Gasteiger partial charge in [0.1, 0.15) is 11.8 Å². The first-order valence-electron chi connectivity index (χ1n) is 10.0. The normalized spacial score (nSPS) is 11.6. The van der Waals surface area contributed by atoms with E-state index in [0.29, 0.717) is 29.6 Å². The molecular formula is C23H28Cl2N2O3. The maximum absolute atomic E-state index is 13.0. The van der Waals surface area contributed by atoms with E-state index in [1.165, 1.54) is 0 Å². The van der Waals surface area contributed by atoms with Crippen molar-refractivity contribution >= 4 is 35.0 Å². The molecule has 0 unspecified atom stereocenters. The molecule has 2 rings (SSSR count). The number of amides is 2. The number of carbonyl (C=O) groups excluding carboxylic acids is 2. The Morgan fingerprint density at radius 2 is 1.83 bits per heavy atom. The molecule has 0 saturated heterocycles. The molecule has 0 fully saturated rings. The van der Waals surface area contributed by atoms with E-state index >= 15 is 0 Å². The van der Waals surface area contributed by atoms with Crippen LogP contribution >= 0.6 is 23.2 Å².